The zero-order chi connectivity index (χ0) is 26.5. The molecule has 3 N–H and O–H groups in total. The molecule has 37 heavy (non-hydrogen) atoms. The van der Waals surface area contributed by atoms with E-state index < -0.39 is 48.7 Å². The Morgan fingerprint density at radius 3 is 2.49 bits per heavy atom. The minimum absolute atomic E-state index is 0.000520. The van der Waals surface area contributed by atoms with E-state index in [4.69, 9.17) is 18.9 Å². The standard InChI is InChI=1S/C27H35BrO9/c1-15(28)13-19(35-27(33)16-5-3-2-4-6-16)8-7-17(30)14-21-22(31)25-26(37-21)23(32)24-20(36-25)10-9-18(34-24)11-12-29/h2-6,18-26,29,31-32H,1,7-14H2/t18-,19?,20+,21-,22+,23+,24+,25+,26+/m1/s1. The summed E-state index contributed by atoms with van der Waals surface area (Å²) in [5.41, 5.74) is 0.426. The van der Waals surface area contributed by atoms with Crippen LogP contribution in [0.3, 0.4) is 0 Å². The molecule has 3 aliphatic heterocycles. The summed E-state index contributed by atoms with van der Waals surface area (Å²) >= 11 is 3.30. The van der Waals surface area contributed by atoms with E-state index in [2.05, 4.69) is 22.5 Å². The lowest BCUT2D eigenvalue weighted by molar-refractivity contribution is -0.260. The van der Waals surface area contributed by atoms with Crippen LogP contribution >= 0.6 is 15.9 Å². The molecule has 9 atom stereocenters. The highest BCUT2D eigenvalue weighted by Crippen LogP contribution is 2.40. The molecule has 0 spiro atoms. The number of fused-ring (bicyclic) bond motifs is 2. The topological polar surface area (TPSA) is 132 Å². The monoisotopic (exact) mass is 582 g/mol. The van der Waals surface area contributed by atoms with Gasteiger partial charge >= 0.3 is 5.97 Å². The van der Waals surface area contributed by atoms with Gasteiger partial charge in [0, 0.05) is 25.9 Å². The van der Waals surface area contributed by atoms with Crippen LogP contribution in [0.5, 0.6) is 0 Å². The number of carbonyl (C=O) groups excluding carboxylic acids is 2. The van der Waals surface area contributed by atoms with Gasteiger partial charge in [0.1, 0.15) is 42.4 Å². The zero-order valence-electron chi connectivity index (χ0n) is 20.6. The maximum Gasteiger partial charge on any atom is 0.338 e. The molecule has 0 amide bonds. The maximum atomic E-state index is 12.8. The van der Waals surface area contributed by atoms with Gasteiger partial charge in [-0.1, -0.05) is 40.7 Å². The molecular weight excluding hydrogens is 548 g/mol. The summed E-state index contributed by atoms with van der Waals surface area (Å²) in [5, 5.41) is 31.0. The second-order valence-electron chi connectivity index (χ2n) is 9.97. The van der Waals surface area contributed by atoms with Crippen LogP contribution in [0.25, 0.3) is 0 Å². The Bertz CT molecular complexity index is 941. The molecule has 0 radical (unpaired) electrons. The fraction of sp³-hybridized carbons (Fsp3) is 0.630. The van der Waals surface area contributed by atoms with Gasteiger partial charge in [-0.15, -0.1) is 0 Å². The molecule has 4 rings (SSSR count). The lowest BCUT2D eigenvalue weighted by Crippen LogP contribution is -2.61. The van der Waals surface area contributed by atoms with E-state index in [1.54, 1.807) is 24.3 Å². The van der Waals surface area contributed by atoms with Gasteiger partial charge in [0.25, 0.3) is 0 Å². The Kier molecular flexibility index (Phi) is 9.90. The number of benzene rings is 1. The molecule has 10 heteroatoms. The molecule has 204 valence electrons. The predicted octanol–water partition coefficient (Wildman–Crippen LogP) is 2.44. The lowest BCUT2D eigenvalue weighted by atomic mass is 9.88. The molecule has 1 aromatic rings. The van der Waals surface area contributed by atoms with E-state index in [1.807, 2.05) is 6.07 Å². The van der Waals surface area contributed by atoms with E-state index in [9.17, 15) is 24.9 Å². The highest BCUT2D eigenvalue weighted by atomic mass is 79.9. The number of rotatable bonds is 11. The second-order valence-corrected chi connectivity index (χ2v) is 11.1. The third-order valence-electron chi connectivity index (χ3n) is 7.22. The molecular formula is C27H35BrO9. The van der Waals surface area contributed by atoms with Crippen LogP contribution in [0.1, 0.15) is 55.3 Å². The second kappa shape index (κ2) is 12.9. The number of aliphatic hydroxyl groups is 3. The molecule has 0 aliphatic carbocycles. The number of esters is 1. The first-order valence-corrected chi connectivity index (χ1v) is 13.6. The van der Waals surface area contributed by atoms with Gasteiger partial charge in [-0.05, 0) is 42.3 Å². The quantitative estimate of drug-likeness (QED) is 0.336. The van der Waals surface area contributed by atoms with E-state index in [0.717, 1.165) is 0 Å². The van der Waals surface area contributed by atoms with Crippen LogP contribution in [-0.2, 0) is 23.7 Å². The van der Waals surface area contributed by atoms with Gasteiger partial charge in [-0.2, -0.15) is 0 Å². The summed E-state index contributed by atoms with van der Waals surface area (Å²) in [7, 11) is 0. The number of Topliss-reactive ketones (excluding diaryl/α,β-unsaturated/α-hetero) is 1. The summed E-state index contributed by atoms with van der Waals surface area (Å²) < 4.78 is 24.2. The molecule has 3 fully saturated rings. The van der Waals surface area contributed by atoms with Crippen molar-refractivity contribution in [1.29, 1.82) is 0 Å². The highest BCUT2D eigenvalue weighted by molar-refractivity contribution is 9.11. The molecule has 1 unspecified atom stereocenters. The Labute approximate surface area is 224 Å². The lowest BCUT2D eigenvalue weighted by Gasteiger charge is -2.46. The third kappa shape index (κ3) is 7.06. The maximum absolute atomic E-state index is 12.8. The predicted molar refractivity (Wildman–Crippen MR) is 136 cm³/mol. The minimum Gasteiger partial charge on any atom is -0.458 e. The van der Waals surface area contributed by atoms with Crippen LogP contribution in [-0.4, -0.2) is 88.6 Å². The first-order valence-electron chi connectivity index (χ1n) is 12.8. The van der Waals surface area contributed by atoms with Gasteiger partial charge in [-0.25, -0.2) is 4.79 Å². The van der Waals surface area contributed by atoms with Gasteiger partial charge in [0.15, 0.2) is 0 Å². The first-order chi connectivity index (χ1) is 17.8. The van der Waals surface area contributed by atoms with Crippen molar-refractivity contribution in [3.05, 3.63) is 47.0 Å². The number of hydrogen-bond donors (Lipinski definition) is 3. The third-order valence-corrected chi connectivity index (χ3v) is 7.55. The van der Waals surface area contributed by atoms with E-state index >= 15 is 0 Å². The molecule has 3 aliphatic rings. The molecule has 0 bridgehead atoms. The number of ether oxygens (including phenoxy) is 4. The number of carbonyl (C=O) groups is 2. The fourth-order valence-electron chi connectivity index (χ4n) is 5.34. The molecule has 3 saturated heterocycles. The Balaban J connectivity index is 1.30. The summed E-state index contributed by atoms with van der Waals surface area (Å²) in [6, 6.07) is 8.63. The average Bonchev–Trinajstić information content (AvgIpc) is 3.18. The smallest absolute Gasteiger partial charge is 0.338 e. The summed E-state index contributed by atoms with van der Waals surface area (Å²) in [6.07, 6.45) is -3.59. The Morgan fingerprint density at radius 2 is 1.78 bits per heavy atom. The fourth-order valence-corrected chi connectivity index (χ4v) is 5.70. The van der Waals surface area contributed by atoms with E-state index in [1.165, 1.54) is 0 Å². The number of ketones is 1. The van der Waals surface area contributed by atoms with Crippen LogP contribution in [0.15, 0.2) is 41.4 Å². The molecule has 0 aromatic heterocycles. The average molecular weight is 583 g/mol. The summed E-state index contributed by atoms with van der Waals surface area (Å²) in [4.78, 5) is 25.3. The molecule has 0 saturated carbocycles. The van der Waals surface area contributed by atoms with E-state index in [0.29, 0.717) is 42.1 Å². The zero-order valence-corrected chi connectivity index (χ0v) is 22.2. The number of aliphatic hydroxyl groups excluding tert-OH is 3. The van der Waals surface area contributed by atoms with E-state index in [-0.39, 0.29) is 37.4 Å². The molecule has 1 aromatic carbocycles. The molecule has 3 heterocycles. The summed E-state index contributed by atoms with van der Waals surface area (Å²) in [5.74, 6) is -0.628. The van der Waals surface area contributed by atoms with Crippen molar-refractivity contribution in [2.24, 2.45) is 0 Å². The van der Waals surface area contributed by atoms with Crippen molar-refractivity contribution in [2.75, 3.05) is 6.61 Å². The Hall–Kier alpha value is -1.66. The van der Waals surface area contributed by atoms with Crippen LogP contribution in [0.2, 0.25) is 0 Å². The van der Waals surface area contributed by atoms with Crippen molar-refractivity contribution in [3.8, 4) is 0 Å². The van der Waals surface area contributed by atoms with Crippen molar-refractivity contribution in [2.45, 2.75) is 99.9 Å². The highest BCUT2D eigenvalue weighted by Gasteiger charge is 2.56. The van der Waals surface area contributed by atoms with Crippen molar-refractivity contribution >= 4 is 27.7 Å². The summed E-state index contributed by atoms with van der Waals surface area (Å²) in [6.45, 7) is 3.82. The van der Waals surface area contributed by atoms with Crippen molar-refractivity contribution < 1.29 is 43.9 Å². The van der Waals surface area contributed by atoms with Gasteiger partial charge in [-0.3, -0.25) is 4.79 Å². The van der Waals surface area contributed by atoms with Crippen LogP contribution in [0, 0.1) is 0 Å². The Morgan fingerprint density at radius 1 is 1.05 bits per heavy atom. The van der Waals surface area contributed by atoms with Crippen LogP contribution in [0.4, 0.5) is 0 Å². The van der Waals surface area contributed by atoms with Crippen molar-refractivity contribution in [1.82, 2.24) is 0 Å². The van der Waals surface area contributed by atoms with Gasteiger partial charge < -0.3 is 34.3 Å². The minimum atomic E-state index is -1.06. The molecule has 9 nitrogen and oxygen atoms in total. The first kappa shape index (κ1) is 28.4. The van der Waals surface area contributed by atoms with Gasteiger partial charge in [0.05, 0.1) is 23.9 Å². The SMILES string of the molecule is C=C(Br)CC(CCC(=O)C[C@H]1O[C@H]2[C@@H](O)[C@H]3O[C@@H](CCO)CC[C@@H]3O[C@H]2[C@H]1O)OC(=O)c1ccccc1. The largest absolute Gasteiger partial charge is 0.458 e. The number of hydrogen-bond acceptors (Lipinski definition) is 9. The normalized spacial score (nSPS) is 33.7. The number of halogens is 1. The van der Waals surface area contributed by atoms with Gasteiger partial charge in [0.2, 0.25) is 0 Å². The van der Waals surface area contributed by atoms with Crippen molar-refractivity contribution in [3.63, 3.8) is 0 Å². The van der Waals surface area contributed by atoms with Crippen LogP contribution < -0.4 is 0 Å².